The van der Waals surface area contributed by atoms with E-state index >= 15 is 0 Å². The van der Waals surface area contributed by atoms with Crippen LogP contribution in [0.5, 0.6) is 0 Å². The van der Waals surface area contributed by atoms with Crippen molar-refractivity contribution in [1.82, 2.24) is 9.55 Å². The maximum Gasteiger partial charge on any atom is 0.261 e. The van der Waals surface area contributed by atoms with Gasteiger partial charge in [0.1, 0.15) is 0 Å². The molecule has 2 N–H and O–H groups in total. The lowest BCUT2D eigenvalue weighted by Gasteiger charge is -2.10. The zero-order valence-corrected chi connectivity index (χ0v) is 17.1. The Hall–Kier alpha value is -3.65. The van der Waals surface area contributed by atoms with Crippen LogP contribution >= 0.6 is 0 Å². The minimum atomic E-state index is -3.74. The highest BCUT2D eigenvalue weighted by atomic mass is 32.2. The number of benzene rings is 3. The Bertz CT molecular complexity index is 1310. The van der Waals surface area contributed by atoms with Gasteiger partial charge < -0.3 is 4.57 Å². The molecule has 0 saturated carbocycles. The monoisotopic (exact) mass is 420 g/mol. The predicted molar refractivity (Wildman–Crippen MR) is 117 cm³/mol. The van der Waals surface area contributed by atoms with Gasteiger partial charge in [-0.3, -0.25) is 14.8 Å². The fourth-order valence-electron chi connectivity index (χ4n) is 3.20. The number of fused-ring (bicyclic) bond motifs is 1. The third kappa shape index (κ3) is 3.90. The molecule has 4 aromatic rings. The molecule has 0 unspecified atom stereocenters. The van der Waals surface area contributed by atoms with Crippen molar-refractivity contribution >= 4 is 38.6 Å². The summed E-state index contributed by atoms with van der Waals surface area (Å²) in [5, 5.41) is 2.82. The number of carbonyl (C=O) groups excluding carboxylic acids is 1. The number of aromatic nitrogens is 2. The molecular formula is C22H20N4O3S. The van der Waals surface area contributed by atoms with Crippen LogP contribution in [0.15, 0.2) is 83.8 Å². The molecule has 1 aromatic heterocycles. The molecule has 152 valence electrons. The smallest absolute Gasteiger partial charge is 0.261 e. The van der Waals surface area contributed by atoms with Crippen LogP contribution in [0.1, 0.15) is 17.3 Å². The van der Waals surface area contributed by atoms with Crippen LogP contribution in [0.3, 0.4) is 0 Å². The highest BCUT2D eigenvalue weighted by Gasteiger charge is 2.16. The molecule has 0 aliphatic rings. The number of hydrogen-bond donors (Lipinski definition) is 2. The second-order valence-corrected chi connectivity index (χ2v) is 8.30. The number of para-hydroxylation sites is 2. The van der Waals surface area contributed by atoms with Crippen molar-refractivity contribution in [3.05, 3.63) is 84.4 Å². The maximum absolute atomic E-state index is 12.8. The molecule has 0 radical (unpaired) electrons. The van der Waals surface area contributed by atoms with Crippen LogP contribution in [0.2, 0.25) is 0 Å². The van der Waals surface area contributed by atoms with Gasteiger partial charge in [-0.25, -0.2) is 13.4 Å². The lowest BCUT2D eigenvalue weighted by molar-refractivity contribution is 0.102. The summed E-state index contributed by atoms with van der Waals surface area (Å²) in [7, 11) is -3.74. The van der Waals surface area contributed by atoms with Crippen molar-refractivity contribution in [3.63, 3.8) is 0 Å². The van der Waals surface area contributed by atoms with E-state index in [4.69, 9.17) is 0 Å². The Kier molecular flexibility index (Phi) is 5.24. The highest BCUT2D eigenvalue weighted by molar-refractivity contribution is 7.92. The van der Waals surface area contributed by atoms with Gasteiger partial charge in [-0.1, -0.05) is 36.4 Å². The number of aryl methyl sites for hydroxylation is 1. The molecule has 7 nitrogen and oxygen atoms in total. The molecule has 0 atom stereocenters. The molecule has 0 aliphatic carbocycles. The van der Waals surface area contributed by atoms with Crippen molar-refractivity contribution in [1.29, 1.82) is 0 Å². The van der Waals surface area contributed by atoms with E-state index in [1.54, 1.807) is 36.4 Å². The van der Waals surface area contributed by atoms with Crippen LogP contribution in [0.25, 0.3) is 11.0 Å². The number of rotatable bonds is 6. The number of nitrogens with one attached hydrogen (secondary N) is 2. The van der Waals surface area contributed by atoms with Crippen LogP contribution < -0.4 is 10.0 Å². The maximum atomic E-state index is 12.8. The van der Waals surface area contributed by atoms with E-state index in [1.165, 1.54) is 18.2 Å². The third-order valence-electron chi connectivity index (χ3n) is 4.63. The number of amides is 1. The van der Waals surface area contributed by atoms with Crippen molar-refractivity contribution < 1.29 is 13.2 Å². The van der Waals surface area contributed by atoms with Gasteiger partial charge in [-0.2, -0.15) is 0 Å². The fraction of sp³-hybridized carbons (Fsp3) is 0.0909. The van der Waals surface area contributed by atoms with Gasteiger partial charge in [-0.05, 0) is 49.4 Å². The van der Waals surface area contributed by atoms with Crippen LogP contribution in [-0.4, -0.2) is 23.9 Å². The summed E-state index contributed by atoms with van der Waals surface area (Å²) in [6, 6.07) is 22.0. The third-order valence-corrected chi connectivity index (χ3v) is 6.02. The van der Waals surface area contributed by atoms with Crippen molar-refractivity contribution in [2.75, 3.05) is 10.0 Å². The first-order valence-electron chi connectivity index (χ1n) is 9.42. The first-order valence-corrected chi connectivity index (χ1v) is 10.9. The largest absolute Gasteiger partial charge is 0.310 e. The second-order valence-electron chi connectivity index (χ2n) is 6.62. The van der Waals surface area contributed by atoms with Gasteiger partial charge in [0.2, 0.25) is 5.95 Å². The average Bonchev–Trinajstić information content (AvgIpc) is 3.11. The summed E-state index contributed by atoms with van der Waals surface area (Å²) in [6.45, 7) is 2.62. The minimum Gasteiger partial charge on any atom is -0.310 e. The van der Waals surface area contributed by atoms with Crippen LogP contribution in [0.4, 0.5) is 11.6 Å². The Morgan fingerprint density at radius 2 is 1.70 bits per heavy atom. The highest BCUT2D eigenvalue weighted by Crippen LogP contribution is 2.21. The number of sulfonamides is 1. The summed E-state index contributed by atoms with van der Waals surface area (Å²) in [5.41, 5.74) is 2.34. The summed E-state index contributed by atoms with van der Waals surface area (Å²) in [5.74, 6) is 0.0692. The van der Waals surface area contributed by atoms with Gasteiger partial charge in [-0.15, -0.1) is 0 Å². The van der Waals surface area contributed by atoms with E-state index in [0.717, 1.165) is 11.0 Å². The number of nitrogens with zero attached hydrogens (tertiary/aromatic N) is 2. The van der Waals surface area contributed by atoms with E-state index in [9.17, 15) is 13.2 Å². The van der Waals surface area contributed by atoms with E-state index < -0.39 is 10.0 Å². The first kappa shape index (κ1) is 19.7. The molecule has 30 heavy (non-hydrogen) atoms. The van der Waals surface area contributed by atoms with E-state index in [0.29, 0.717) is 23.7 Å². The molecule has 3 aromatic carbocycles. The van der Waals surface area contributed by atoms with Gasteiger partial charge >= 0.3 is 0 Å². The molecular weight excluding hydrogens is 400 g/mol. The summed E-state index contributed by atoms with van der Waals surface area (Å²) >= 11 is 0. The summed E-state index contributed by atoms with van der Waals surface area (Å²) < 4.78 is 29.5. The topological polar surface area (TPSA) is 93.1 Å². The second kappa shape index (κ2) is 8.00. The molecule has 1 heterocycles. The molecule has 4 rings (SSSR count). The molecule has 1 amide bonds. The van der Waals surface area contributed by atoms with E-state index in [1.807, 2.05) is 35.8 Å². The fourth-order valence-corrected chi connectivity index (χ4v) is 4.27. The molecule has 0 saturated heterocycles. The Balaban J connectivity index is 1.58. The normalized spacial score (nSPS) is 11.4. The van der Waals surface area contributed by atoms with Gasteiger partial charge in [0, 0.05) is 17.8 Å². The Morgan fingerprint density at radius 1 is 0.967 bits per heavy atom. The summed E-state index contributed by atoms with van der Waals surface area (Å²) in [4.78, 5) is 17.4. The Labute approximate surface area is 174 Å². The zero-order chi connectivity index (χ0) is 21.1. The average molecular weight is 420 g/mol. The SMILES string of the molecule is CCn1c(NC(=O)c2cccc(NS(=O)(=O)c3ccccc3)c2)nc2ccccc21. The molecule has 0 spiro atoms. The first-order chi connectivity index (χ1) is 14.5. The molecule has 8 heteroatoms. The van der Waals surface area contributed by atoms with E-state index in [2.05, 4.69) is 15.0 Å². The number of imidazole rings is 1. The lowest BCUT2D eigenvalue weighted by Crippen LogP contribution is -2.17. The van der Waals surface area contributed by atoms with Crippen molar-refractivity contribution in [2.45, 2.75) is 18.4 Å². The van der Waals surface area contributed by atoms with Gasteiger partial charge in [0.05, 0.1) is 15.9 Å². The van der Waals surface area contributed by atoms with Gasteiger partial charge in [0.25, 0.3) is 15.9 Å². The molecule has 0 fully saturated rings. The number of anilines is 2. The van der Waals surface area contributed by atoms with Crippen LogP contribution in [-0.2, 0) is 16.6 Å². The van der Waals surface area contributed by atoms with Crippen LogP contribution in [0, 0.1) is 0 Å². The molecule has 0 bridgehead atoms. The summed E-state index contributed by atoms with van der Waals surface area (Å²) in [6.07, 6.45) is 0. The minimum absolute atomic E-state index is 0.150. The standard InChI is InChI=1S/C22H20N4O3S/c1-2-26-20-14-7-6-13-19(20)23-22(26)24-21(27)16-9-8-10-17(15-16)25-30(28,29)18-11-4-3-5-12-18/h3-15,25H,2H2,1H3,(H,23,24,27). The quantitative estimate of drug-likeness (QED) is 0.491. The van der Waals surface area contributed by atoms with Crippen molar-refractivity contribution in [2.24, 2.45) is 0 Å². The lowest BCUT2D eigenvalue weighted by atomic mass is 10.2. The van der Waals surface area contributed by atoms with Gasteiger partial charge in [0.15, 0.2) is 0 Å². The Morgan fingerprint density at radius 3 is 2.47 bits per heavy atom. The number of carbonyl (C=O) groups is 1. The van der Waals surface area contributed by atoms with E-state index in [-0.39, 0.29) is 10.8 Å². The predicted octanol–water partition coefficient (Wildman–Crippen LogP) is 4.11. The van der Waals surface area contributed by atoms with Crippen molar-refractivity contribution in [3.8, 4) is 0 Å². The number of hydrogen-bond acceptors (Lipinski definition) is 4. The zero-order valence-electron chi connectivity index (χ0n) is 16.2. The molecule has 0 aliphatic heterocycles.